The molecule has 1 amide bonds. The second kappa shape index (κ2) is 10.8. The second-order valence-electron chi connectivity index (χ2n) is 10.4. The molecule has 2 atom stereocenters. The summed E-state index contributed by atoms with van der Waals surface area (Å²) < 4.78 is 1.22. The molecule has 14 heteroatoms. The van der Waals surface area contributed by atoms with Gasteiger partial charge in [0.15, 0.2) is 17.2 Å². The van der Waals surface area contributed by atoms with Gasteiger partial charge in [0.25, 0.3) is 17.0 Å². The molecule has 45 heavy (non-hydrogen) atoms. The maximum Gasteiger partial charge on any atom is 0.335 e. The third-order valence-electron chi connectivity index (χ3n) is 7.76. The summed E-state index contributed by atoms with van der Waals surface area (Å²) in [4.78, 5) is 68.7. The molecule has 2 aromatic heterocycles. The molecule has 0 radical (unpaired) electrons. The lowest BCUT2D eigenvalue weighted by molar-refractivity contribution is 0.0686. The largest absolute Gasteiger partial charge is 0.478 e. The topological polar surface area (TPSA) is 211 Å². The molecular formula is C31H24N6O8. The molecule has 0 aliphatic carbocycles. The first-order valence-corrected chi connectivity index (χ1v) is 13.6. The highest BCUT2D eigenvalue weighted by Crippen LogP contribution is 2.21. The van der Waals surface area contributed by atoms with Gasteiger partial charge in [-0.2, -0.15) is 5.01 Å². The number of allylic oxidation sites excluding steroid dienone is 1. The Morgan fingerprint density at radius 3 is 2.09 bits per heavy atom. The summed E-state index contributed by atoms with van der Waals surface area (Å²) in [7, 11) is 0. The standard InChI is InChI=1S/C31H24N6O8/c1-14-20(26(38)32-24-22(14)28(40)36(34-24)18-10-6-16(7-11-18)30(42)43)4-3-5-21-15(2)23-25(33-27(21)39)35-37(29(23)41)19-12-8-17(9-13-19)31(44)45/h3-13,20,26,38H,1-2H3,(H,32,34)(H,42,43)(H,44,45)(H,33,35,39). The number of aromatic carboxylic acids is 2. The fourth-order valence-corrected chi connectivity index (χ4v) is 5.36. The van der Waals surface area contributed by atoms with E-state index >= 15 is 0 Å². The van der Waals surface area contributed by atoms with E-state index in [-0.39, 0.29) is 38.1 Å². The molecule has 2 aromatic carbocycles. The number of hydrogen-bond acceptors (Lipinski definition) is 8. The summed E-state index contributed by atoms with van der Waals surface area (Å²) in [5.74, 6) is -3.42. The van der Waals surface area contributed by atoms with E-state index in [0.717, 1.165) is 5.01 Å². The van der Waals surface area contributed by atoms with Crippen LogP contribution >= 0.6 is 0 Å². The van der Waals surface area contributed by atoms with Gasteiger partial charge in [0.05, 0.1) is 33.3 Å². The molecule has 226 valence electrons. The maximum atomic E-state index is 13.3. The van der Waals surface area contributed by atoms with E-state index < -0.39 is 41.1 Å². The van der Waals surface area contributed by atoms with Crippen LogP contribution in [0.25, 0.3) is 17.3 Å². The van der Waals surface area contributed by atoms with Crippen LogP contribution in [0.2, 0.25) is 0 Å². The van der Waals surface area contributed by atoms with Crippen LogP contribution in [0.3, 0.4) is 0 Å². The van der Waals surface area contributed by atoms with Crippen molar-refractivity contribution in [2.24, 2.45) is 16.0 Å². The van der Waals surface area contributed by atoms with Gasteiger partial charge < -0.3 is 20.3 Å². The molecule has 14 nitrogen and oxygen atoms in total. The number of pyridine rings is 1. The van der Waals surface area contributed by atoms with E-state index in [1.54, 1.807) is 19.9 Å². The minimum atomic E-state index is -1.25. The third kappa shape index (κ3) is 4.88. The minimum Gasteiger partial charge on any atom is -0.478 e. The lowest BCUT2D eigenvalue weighted by Crippen LogP contribution is -2.43. The molecule has 4 aromatic rings. The molecule has 0 spiro atoms. The van der Waals surface area contributed by atoms with Crippen molar-refractivity contribution in [1.82, 2.24) is 14.8 Å². The number of rotatable bonds is 6. The van der Waals surface area contributed by atoms with E-state index in [2.05, 4.69) is 20.2 Å². The van der Waals surface area contributed by atoms with Crippen molar-refractivity contribution in [3.8, 4) is 5.69 Å². The number of nitrogens with zero attached hydrogens (tertiary/aromatic N) is 4. The first-order chi connectivity index (χ1) is 21.5. The van der Waals surface area contributed by atoms with Crippen LogP contribution in [-0.2, 0) is 0 Å². The summed E-state index contributed by atoms with van der Waals surface area (Å²) >= 11 is 0. The Hall–Kier alpha value is -6.15. The first-order valence-electron chi connectivity index (χ1n) is 13.6. The first kappa shape index (κ1) is 28.9. The lowest BCUT2D eigenvalue weighted by Gasteiger charge is -2.19. The highest BCUT2D eigenvalue weighted by atomic mass is 16.4. The maximum absolute atomic E-state index is 13.3. The summed E-state index contributed by atoms with van der Waals surface area (Å²) in [5, 5.41) is 37.7. The number of benzene rings is 2. The number of anilines is 1. The zero-order chi connectivity index (χ0) is 32.2. The number of amides is 1. The van der Waals surface area contributed by atoms with Crippen LogP contribution in [0.1, 0.15) is 43.6 Å². The van der Waals surface area contributed by atoms with E-state index in [0.29, 0.717) is 22.5 Å². The second-order valence-corrected chi connectivity index (χ2v) is 10.4. The molecule has 2 aliphatic rings. The van der Waals surface area contributed by atoms with E-state index in [1.807, 2.05) is 0 Å². The van der Waals surface area contributed by atoms with E-state index in [1.165, 1.54) is 65.4 Å². The average molecular weight is 609 g/mol. The molecule has 4 heterocycles. The highest BCUT2D eigenvalue weighted by Gasteiger charge is 2.29. The Morgan fingerprint density at radius 2 is 1.49 bits per heavy atom. The van der Waals surface area contributed by atoms with Gasteiger partial charge in [-0.3, -0.25) is 19.5 Å². The van der Waals surface area contributed by atoms with Crippen molar-refractivity contribution in [2.75, 3.05) is 5.01 Å². The minimum absolute atomic E-state index is 0.0465. The van der Waals surface area contributed by atoms with Crippen LogP contribution in [0.15, 0.2) is 80.4 Å². The summed E-state index contributed by atoms with van der Waals surface area (Å²) in [6.07, 6.45) is 3.38. The number of aromatic amines is 2. The normalized spacial score (nSPS) is 17.7. The summed E-state index contributed by atoms with van der Waals surface area (Å²) in [6, 6.07) is 11.3. The van der Waals surface area contributed by atoms with Gasteiger partial charge in [0.2, 0.25) is 0 Å². The van der Waals surface area contributed by atoms with Crippen LogP contribution in [0.4, 0.5) is 5.69 Å². The Labute approximate surface area is 251 Å². The quantitative estimate of drug-likeness (QED) is 0.193. The van der Waals surface area contributed by atoms with Crippen molar-refractivity contribution in [2.45, 2.75) is 20.1 Å². The Kier molecular flexibility index (Phi) is 6.97. The Morgan fingerprint density at radius 1 is 0.889 bits per heavy atom. The number of carboxylic acid groups (broad SMARTS) is 2. The third-order valence-corrected chi connectivity index (χ3v) is 7.76. The van der Waals surface area contributed by atoms with Crippen LogP contribution in [0, 0.1) is 12.8 Å². The molecule has 2 unspecified atom stereocenters. The molecule has 6 rings (SSSR count). The van der Waals surface area contributed by atoms with Crippen LogP contribution < -0.4 is 37.5 Å². The molecule has 5 N–H and O–H groups in total. The van der Waals surface area contributed by atoms with Crippen molar-refractivity contribution in [3.05, 3.63) is 125 Å². The van der Waals surface area contributed by atoms with Crippen LogP contribution in [-0.4, -0.2) is 54.2 Å². The van der Waals surface area contributed by atoms with Gasteiger partial charge in [-0.1, -0.05) is 12.2 Å². The average Bonchev–Trinajstić information content (AvgIpc) is 3.52. The van der Waals surface area contributed by atoms with Gasteiger partial charge in [0.1, 0.15) is 0 Å². The van der Waals surface area contributed by atoms with Gasteiger partial charge in [-0.05, 0) is 79.6 Å². The number of aromatic nitrogens is 3. The Bertz CT molecular complexity index is 2330. The number of fused-ring (bicyclic) bond motifs is 2. The van der Waals surface area contributed by atoms with Crippen molar-refractivity contribution in [3.63, 3.8) is 0 Å². The van der Waals surface area contributed by atoms with Crippen LogP contribution in [0.5, 0.6) is 0 Å². The monoisotopic (exact) mass is 608 g/mol. The number of aliphatic hydroxyl groups excluding tert-OH is 1. The Balaban J connectivity index is 1.32. The zero-order valence-electron chi connectivity index (χ0n) is 23.7. The molecule has 0 bridgehead atoms. The van der Waals surface area contributed by atoms with Gasteiger partial charge in [-0.25, -0.2) is 19.3 Å². The number of H-pyrrole nitrogens is 2. The molecule has 0 fully saturated rings. The number of nitrogens with one attached hydrogen (secondary N) is 2. The van der Waals surface area contributed by atoms with Crippen molar-refractivity contribution in [1.29, 1.82) is 0 Å². The number of carbonyl (C=O) groups excluding carboxylic acids is 1. The number of carboxylic acids is 2. The molecule has 0 saturated carbocycles. The predicted molar refractivity (Wildman–Crippen MR) is 159 cm³/mol. The van der Waals surface area contributed by atoms with E-state index in [9.17, 15) is 29.1 Å². The number of carbonyl (C=O) groups is 3. The smallest absolute Gasteiger partial charge is 0.335 e. The zero-order valence-corrected chi connectivity index (χ0v) is 23.7. The van der Waals surface area contributed by atoms with Gasteiger partial charge in [0, 0.05) is 11.1 Å². The molecular weight excluding hydrogens is 584 g/mol. The van der Waals surface area contributed by atoms with Gasteiger partial charge >= 0.3 is 11.9 Å². The summed E-state index contributed by atoms with van der Waals surface area (Å²) in [5.41, 5.74) is 1.22. The molecule has 2 aliphatic heterocycles. The number of aliphatic hydroxyl groups is 1. The van der Waals surface area contributed by atoms with E-state index in [4.69, 9.17) is 10.2 Å². The number of hydrogen-bond donors (Lipinski definition) is 5. The fraction of sp³-hybridized carbons (Fsp3) is 0.129. The fourth-order valence-electron chi connectivity index (χ4n) is 5.36. The van der Waals surface area contributed by atoms with Crippen molar-refractivity contribution < 1.29 is 29.7 Å². The highest BCUT2D eigenvalue weighted by molar-refractivity contribution is 6.08. The van der Waals surface area contributed by atoms with Crippen molar-refractivity contribution >= 4 is 35.2 Å². The molecule has 0 saturated heterocycles. The van der Waals surface area contributed by atoms with Gasteiger partial charge in [-0.15, -0.1) is 5.10 Å². The predicted octanol–water partition coefficient (Wildman–Crippen LogP) is -0.471. The SMILES string of the molecule is CC1=c2c([nH]n(-c3ccc(C(=O)O)cc3)c2=O)=NC(O)C1C=CC=c1c(C)c2c([nH]c1=O)=NN(c1ccc(C(=O)O)cc1)C2=O. The lowest BCUT2D eigenvalue weighted by atomic mass is 9.95. The summed E-state index contributed by atoms with van der Waals surface area (Å²) in [6.45, 7) is 3.29.